The van der Waals surface area contributed by atoms with Gasteiger partial charge in [-0.05, 0) is 28.8 Å². The molecule has 0 aliphatic carbocycles. The molecule has 2 rings (SSSR count). The van der Waals surface area contributed by atoms with Gasteiger partial charge < -0.3 is 4.43 Å². The molecule has 0 aliphatic rings. The van der Waals surface area contributed by atoms with Crippen LogP contribution in [-0.2, 0) is 4.43 Å². The molecule has 0 saturated carbocycles. The van der Waals surface area contributed by atoms with E-state index in [0.29, 0.717) is 3.92 Å². The zero-order chi connectivity index (χ0) is 17.8. The van der Waals surface area contributed by atoms with E-state index in [9.17, 15) is 0 Å². The molecule has 3 heteroatoms. The molecule has 0 spiro atoms. The summed E-state index contributed by atoms with van der Waals surface area (Å²) in [5.74, 6) is 0. The van der Waals surface area contributed by atoms with E-state index in [1.54, 1.807) is 0 Å². The summed E-state index contributed by atoms with van der Waals surface area (Å²) in [7, 11) is -2.38. The van der Waals surface area contributed by atoms with Crippen LogP contribution in [-0.4, -0.2) is 18.3 Å². The van der Waals surface area contributed by atoms with Crippen molar-refractivity contribution in [1.29, 1.82) is 0 Å². The minimum atomic E-state index is -2.38. The summed E-state index contributed by atoms with van der Waals surface area (Å²) in [5, 5.41) is 2.77. The van der Waals surface area contributed by atoms with Crippen LogP contribution in [0.4, 0.5) is 0 Å². The average Bonchev–Trinajstić information content (AvgIpc) is 2.52. The van der Waals surface area contributed by atoms with E-state index in [1.807, 2.05) is 0 Å². The maximum absolute atomic E-state index is 7.02. The fourth-order valence-corrected chi connectivity index (χ4v) is 8.93. The molecule has 0 fully saturated rings. The summed E-state index contributed by atoms with van der Waals surface area (Å²) >= 11 is 2.49. The Kier molecular flexibility index (Phi) is 6.68. The van der Waals surface area contributed by atoms with E-state index >= 15 is 0 Å². The molecular weight excluding hydrogens is 423 g/mol. The van der Waals surface area contributed by atoms with Crippen LogP contribution in [0.15, 0.2) is 60.7 Å². The highest BCUT2D eigenvalue weighted by atomic mass is 127. The maximum atomic E-state index is 7.02. The van der Waals surface area contributed by atoms with Crippen molar-refractivity contribution < 1.29 is 4.43 Å². The van der Waals surface area contributed by atoms with E-state index in [1.165, 1.54) is 10.4 Å². The molecule has 24 heavy (non-hydrogen) atoms. The van der Waals surface area contributed by atoms with Crippen molar-refractivity contribution in [3.8, 4) is 0 Å². The lowest BCUT2D eigenvalue weighted by Crippen LogP contribution is -2.67. The van der Waals surface area contributed by atoms with E-state index in [0.717, 1.165) is 6.42 Å². The molecule has 0 unspecified atom stereocenters. The summed E-state index contributed by atoms with van der Waals surface area (Å²) in [4.78, 5) is 0. The third-order valence-electron chi connectivity index (χ3n) is 4.45. The fraction of sp³-hybridized carbons (Fsp3) is 0.429. The van der Waals surface area contributed by atoms with Crippen LogP contribution < -0.4 is 10.4 Å². The van der Waals surface area contributed by atoms with Crippen LogP contribution in [0.1, 0.15) is 41.0 Å². The van der Waals surface area contributed by atoms with Crippen LogP contribution in [0, 0.1) is 0 Å². The predicted octanol–water partition coefficient (Wildman–Crippen LogP) is 5.17. The zero-order valence-corrected chi connectivity index (χ0v) is 18.6. The van der Waals surface area contributed by atoms with Gasteiger partial charge in [-0.2, -0.15) is 0 Å². The van der Waals surface area contributed by atoms with Gasteiger partial charge in [0.05, 0.1) is 0 Å². The molecule has 0 aromatic heterocycles. The Balaban J connectivity index is 2.62. The lowest BCUT2D eigenvalue weighted by Gasteiger charge is -2.45. The number of halogens is 1. The van der Waals surface area contributed by atoms with Crippen molar-refractivity contribution in [1.82, 2.24) is 0 Å². The lowest BCUT2D eigenvalue weighted by atomic mass is 10.2. The van der Waals surface area contributed by atoms with Crippen molar-refractivity contribution in [3.05, 3.63) is 60.7 Å². The zero-order valence-electron chi connectivity index (χ0n) is 15.4. The van der Waals surface area contributed by atoms with Crippen molar-refractivity contribution >= 4 is 41.3 Å². The van der Waals surface area contributed by atoms with Gasteiger partial charge in [0.1, 0.15) is 0 Å². The summed E-state index contributed by atoms with van der Waals surface area (Å²) in [5.41, 5.74) is 0. The molecule has 0 bridgehead atoms. The van der Waals surface area contributed by atoms with Gasteiger partial charge in [0.15, 0.2) is 0 Å². The number of benzene rings is 2. The predicted molar refractivity (Wildman–Crippen MR) is 116 cm³/mol. The Labute approximate surface area is 162 Å². The highest BCUT2D eigenvalue weighted by molar-refractivity contribution is 14.1. The Morgan fingerprint density at radius 3 is 1.62 bits per heavy atom. The summed E-state index contributed by atoms with van der Waals surface area (Å²) in [6, 6.07) is 21.8. The van der Waals surface area contributed by atoms with Crippen molar-refractivity contribution in [2.75, 3.05) is 0 Å². The molecule has 1 nitrogen and oxygen atoms in total. The van der Waals surface area contributed by atoms with Gasteiger partial charge in [0.2, 0.25) is 0 Å². The number of alkyl halides is 1. The maximum Gasteiger partial charge on any atom is 0.261 e. The van der Waals surface area contributed by atoms with Crippen molar-refractivity contribution in [3.63, 3.8) is 0 Å². The van der Waals surface area contributed by atoms with E-state index in [2.05, 4.69) is 118 Å². The second kappa shape index (κ2) is 8.15. The second-order valence-corrected chi connectivity index (χ2v) is 14.0. The number of hydrogen-bond acceptors (Lipinski definition) is 1. The first-order valence-corrected chi connectivity index (χ1v) is 11.9. The van der Waals surface area contributed by atoms with E-state index in [-0.39, 0.29) is 11.1 Å². The molecule has 0 heterocycles. The summed E-state index contributed by atoms with van der Waals surface area (Å²) < 4.78 is 7.63. The van der Waals surface area contributed by atoms with Crippen LogP contribution in [0.2, 0.25) is 5.04 Å². The largest absolute Gasteiger partial charge is 0.405 e. The van der Waals surface area contributed by atoms with Crippen molar-refractivity contribution in [2.24, 2.45) is 0 Å². The molecule has 0 saturated heterocycles. The Morgan fingerprint density at radius 2 is 1.29 bits per heavy atom. The third-order valence-corrected chi connectivity index (χ3v) is 10.1. The molecule has 0 radical (unpaired) electrons. The van der Waals surface area contributed by atoms with Gasteiger partial charge >= 0.3 is 0 Å². The summed E-state index contributed by atoms with van der Waals surface area (Å²) in [6.07, 6.45) is 1.31. The van der Waals surface area contributed by atoms with Crippen LogP contribution in [0.25, 0.3) is 0 Å². The molecule has 0 amide bonds. The number of hydrogen-bond donors (Lipinski definition) is 0. The average molecular weight is 452 g/mol. The topological polar surface area (TPSA) is 9.23 Å². The monoisotopic (exact) mass is 452 g/mol. The molecule has 130 valence electrons. The highest BCUT2D eigenvalue weighted by Gasteiger charge is 2.50. The Morgan fingerprint density at radius 1 is 0.875 bits per heavy atom. The minimum Gasteiger partial charge on any atom is -0.405 e. The molecule has 2 aromatic rings. The third kappa shape index (κ3) is 4.30. The van der Waals surface area contributed by atoms with Gasteiger partial charge in [-0.15, -0.1) is 0 Å². The normalized spacial score (nSPS) is 15.1. The van der Waals surface area contributed by atoms with Gasteiger partial charge in [-0.1, -0.05) is 111 Å². The van der Waals surface area contributed by atoms with E-state index in [4.69, 9.17) is 4.43 Å². The van der Waals surface area contributed by atoms with Crippen molar-refractivity contribution in [2.45, 2.75) is 56.1 Å². The first-order chi connectivity index (χ1) is 11.3. The van der Waals surface area contributed by atoms with Gasteiger partial charge in [-0.3, -0.25) is 0 Å². The van der Waals surface area contributed by atoms with E-state index < -0.39 is 8.32 Å². The SMILES string of the molecule is C[C@H](C[C@@H](C)I)O[Si](c1ccccc1)(c1ccccc1)C(C)(C)C. The highest BCUT2D eigenvalue weighted by Crippen LogP contribution is 2.38. The van der Waals surface area contributed by atoms with Gasteiger partial charge in [-0.25, -0.2) is 0 Å². The molecular formula is C21H29IOSi. The first kappa shape index (κ1) is 19.7. The first-order valence-electron chi connectivity index (χ1n) is 8.70. The smallest absolute Gasteiger partial charge is 0.261 e. The summed E-state index contributed by atoms with van der Waals surface area (Å²) in [6.45, 7) is 11.5. The minimum absolute atomic E-state index is 0.0540. The molecule has 2 aromatic carbocycles. The molecule has 2 atom stereocenters. The van der Waals surface area contributed by atoms with Gasteiger partial charge in [0.25, 0.3) is 8.32 Å². The standard InChI is InChI=1S/C21H29IOSi/c1-17(22)16-18(2)23-24(21(3,4)5,19-12-8-6-9-13-19)20-14-10-7-11-15-20/h6-15,17-18H,16H2,1-5H3/t17-,18-/m1/s1. The Hall–Kier alpha value is -0.653. The van der Waals surface area contributed by atoms with Gasteiger partial charge in [0, 0.05) is 10.0 Å². The number of rotatable bonds is 6. The van der Waals surface area contributed by atoms with Crippen LogP contribution in [0.5, 0.6) is 0 Å². The van der Waals surface area contributed by atoms with Crippen LogP contribution >= 0.6 is 22.6 Å². The quantitative estimate of drug-likeness (QED) is 0.334. The fourth-order valence-electron chi connectivity index (χ4n) is 3.50. The van der Waals surface area contributed by atoms with Crippen LogP contribution in [0.3, 0.4) is 0 Å². The Bertz CT molecular complexity index is 580. The lowest BCUT2D eigenvalue weighted by molar-refractivity contribution is 0.198. The second-order valence-electron chi connectivity index (χ2n) is 7.61. The molecule has 0 N–H and O–H groups in total. The molecule has 0 aliphatic heterocycles.